The van der Waals surface area contributed by atoms with Gasteiger partial charge in [-0.05, 0) is 57.6 Å². The first-order chi connectivity index (χ1) is 12.4. The molecule has 0 saturated carbocycles. The molecule has 3 N–H and O–H groups in total. The fourth-order valence-corrected chi connectivity index (χ4v) is 3.90. The third-order valence-corrected chi connectivity index (χ3v) is 5.99. The summed E-state index contributed by atoms with van der Waals surface area (Å²) < 4.78 is 28.1. The van der Waals surface area contributed by atoms with Gasteiger partial charge in [0.1, 0.15) is 0 Å². The quantitative estimate of drug-likeness (QED) is 0.704. The van der Waals surface area contributed by atoms with Crippen LogP contribution in [0.2, 0.25) is 0 Å². The third-order valence-electron chi connectivity index (χ3n) is 4.43. The van der Waals surface area contributed by atoms with Gasteiger partial charge in [-0.25, -0.2) is 17.8 Å². The molecule has 1 aromatic heterocycles. The molecule has 3 rings (SSSR count). The monoisotopic (exact) mass is 378 g/mol. The van der Waals surface area contributed by atoms with Crippen molar-refractivity contribution in [1.29, 1.82) is 0 Å². The summed E-state index contributed by atoms with van der Waals surface area (Å²) in [6.07, 6.45) is 3.51. The highest BCUT2D eigenvalue weighted by Crippen LogP contribution is 2.21. The molecule has 9 nitrogen and oxygen atoms in total. The van der Waals surface area contributed by atoms with Crippen LogP contribution < -0.4 is 15.4 Å². The maximum Gasteiger partial charge on any atom is 0.277 e. The van der Waals surface area contributed by atoms with Crippen molar-refractivity contribution in [3.8, 4) is 0 Å². The van der Waals surface area contributed by atoms with Gasteiger partial charge < -0.3 is 10.6 Å². The standard InChI is InChI=1S/C16H22N6O3S/c1-11-3-4-12(9-15(11)26(24,25)17-2)19-16(23)14-10-22(21-20-14)13-5-7-18-8-6-13/h3-4,9-10,13,17-18H,5-8H2,1-2H3,(H,19,23). The summed E-state index contributed by atoms with van der Waals surface area (Å²) in [6, 6.07) is 4.96. The second kappa shape index (κ2) is 7.52. The second-order valence-corrected chi connectivity index (χ2v) is 8.06. The Morgan fingerprint density at radius 1 is 1.31 bits per heavy atom. The Morgan fingerprint density at radius 2 is 2.04 bits per heavy atom. The van der Waals surface area contributed by atoms with Crippen LogP contribution in [0, 0.1) is 6.92 Å². The van der Waals surface area contributed by atoms with E-state index in [1.54, 1.807) is 29.9 Å². The van der Waals surface area contributed by atoms with E-state index in [1.165, 1.54) is 13.1 Å². The van der Waals surface area contributed by atoms with Crippen molar-refractivity contribution < 1.29 is 13.2 Å². The summed E-state index contributed by atoms with van der Waals surface area (Å²) >= 11 is 0. The number of amides is 1. The van der Waals surface area contributed by atoms with Gasteiger partial charge in [0.05, 0.1) is 17.1 Å². The molecule has 0 spiro atoms. The second-order valence-electron chi connectivity index (χ2n) is 6.21. The van der Waals surface area contributed by atoms with Crippen LogP contribution in [0.15, 0.2) is 29.3 Å². The van der Waals surface area contributed by atoms with E-state index in [0.717, 1.165) is 25.9 Å². The highest BCUT2D eigenvalue weighted by molar-refractivity contribution is 7.89. The average Bonchev–Trinajstić information content (AvgIpc) is 3.14. The number of sulfonamides is 1. The number of carbonyl (C=O) groups excluding carboxylic acids is 1. The maximum absolute atomic E-state index is 12.4. The van der Waals surface area contributed by atoms with E-state index in [0.29, 0.717) is 11.3 Å². The Hall–Kier alpha value is -2.30. The van der Waals surface area contributed by atoms with Crippen molar-refractivity contribution in [2.24, 2.45) is 0 Å². The number of nitrogens with one attached hydrogen (secondary N) is 3. The van der Waals surface area contributed by atoms with E-state index >= 15 is 0 Å². The number of anilines is 1. The van der Waals surface area contributed by atoms with E-state index < -0.39 is 15.9 Å². The third kappa shape index (κ3) is 3.92. The lowest BCUT2D eigenvalue weighted by Crippen LogP contribution is -2.29. The number of carbonyl (C=O) groups is 1. The molecule has 0 atom stereocenters. The molecule has 1 aliphatic heterocycles. The molecule has 2 heterocycles. The summed E-state index contributed by atoms with van der Waals surface area (Å²) in [4.78, 5) is 12.5. The van der Waals surface area contributed by atoms with Gasteiger partial charge in [-0.3, -0.25) is 4.79 Å². The molecular formula is C16H22N6O3S. The minimum atomic E-state index is -3.60. The Morgan fingerprint density at radius 3 is 2.73 bits per heavy atom. The largest absolute Gasteiger partial charge is 0.321 e. The van der Waals surface area contributed by atoms with Crippen LogP contribution in [0.1, 0.15) is 34.9 Å². The molecule has 0 radical (unpaired) electrons. The highest BCUT2D eigenvalue weighted by Gasteiger charge is 2.20. The average molecular weight is 378 g/mol. The van der Waals surface area contributed by atoms with E-state index in [4.69, 9.17) is 0 Å². The summed E-state index contributed by atoms with van der Waals surface area (Å²) in [5, 5.41) is 14.0. The Balaban J connectivity index is 1.76. The van der Waals surface area contributed by atoms with Crippen molar-refractivity contribution in [3.05, 3.63) is 35.7 Å². The number of hydrogen-bond donors (Lipinski definition) is 3. The van der Waals surface area contributed by atoms with Crippen molar-refractivity contribution >= 4 is 21.6 Å². The van der Waals surface area contributed by atoms with E-state index in [9.17, 15) is 13.2 Å². The van der Waals surface area contributed by atoms with Gasteiger partial charge in [0.25, 0.3) is 5.91 Å². The van der Waals surface area contributed by atoms with Crippen LogP contribution in [0.4, 0.5) is 5.69 Å². The van der Waals surface area contributed by atoms with E-state index in [1.807, 2.05) is 0 Å². The van der Waals surface area contributed by atoms with Gasteiger partial charge in [-0.2, -0.15) is 0 Å². The molecule has 1 amide bonds. The zero-order valence-electron chi connectivity index (χ0n) is 14.7. The predicted octanol–water partition coefficient (Wildman–Crippen LogP) is 0.671. The van der Waals surface area contributed by atoms with Gasteiger partial charge in [0.15, 0.2) is 5.69 Å². The number of benzene rings is 1. The molecule has 2 aromatic rings. The fourth-order valence-electron chi connectivity index (χ4n) is 2.90. The zero-order chi connectivity index (χ0) is 18.7. The molecule has 1 saturated heterocycles. The number of hydrogen-bond acceptors (Lipinski definition) is 6. The first-order valence-corrected chi connectivity index (χ1v) is 9.87. The van der Waals surface area contributed by atoms with Gasteiger partial charge in [-0.15, -0.1) is 5.10 Å². The number of rotatable bonds is 5. The smallest absolute Gasteiger partial charge is 0.277 e. The molecule has 1 fully saturated rings. The van der Waals surface area contributed by atoms with E-state index in [-0.39, 0.29) is 16.6 Å². The van der Waals surface area contributed by atoms with E-state index in [2.05, 4.69) is 25.7 Å². The molecule has 10 heteroatoms. The summed E-state index contributed by atoms with van der Waals surface area (Å²) in [6.45, 7) is 3.52. The molecule has 0 bridgehead atoms. The number of piperidine rings is 1. The molecular weight excluding hydrogens is 356 g/mol. The first kappa shape index (κ1) is 18.5. The first-order valence-electron chi connectivity index (χ1n) is 8.39. The van der Waals surface area contributed by atoms with Gasteiger partial charge in [0.2, 0.25) is 10.0 Å². The lowest BCUT2D eigenvalue weighted by molar-refractivity contribution is 0.102. The van der Waals surface area contributed by atoms with Gasteiger partial charge in [0, 0.05) is 5.69 Å². The summed E-state index contributed by atoms with van der Waals surface area (Å²) in [5.41, 5.74) is 1.17. The zero-order valence-corrected chi connectivity index (χ0v) is 15.5. The van der Waals surface area contributed by atoms with Crippen LogP contribution in [-0.4, -0.2) is 49.5 Å². The molecule has 1 aromatic carbocycles. The lowest BCUT2D eigenvalue weighted by atomic mass is 10.1. The van der Waals surface area contributed by atoms with Crippen molar-refractivity contribution in [3.63, 3.8) is 0 Å². The summed E-state index contributed by atoms with van der Waals surface area (Å²) in [5.74, 6) is -0.429. The molecule has 0 aliphatic carbocycles. The Bertz CT molecular complexity index is 902. The highest BCUT2D eigenvalue weighted by atomic mass is 32.2. The number of nitrogens with zero attached hydrogens (tertiary/aromatic N) is 3. The lowest BCUT2D eigenvalue weighted by Gasteiger charge is -2.22. The Labute approximate surface area is 152 Å². The van der Waals surface area contributed by atoms with Gasteiger partial charge in [-0.1, -0.05) is 11.3 Å². The number of aromatic nitrogens is 3. The number of aryl methyl sites for hydroxylation is 1. The van der Waals surface area contributed by atoms with Crippen molar-refractivity contribution in [2.75, 3.05) is 25.5 Å². The SMILES string of the molecule is CNS(=O)(=O)c1cc(NC(=O)c2cn(C3CCNCC3)nn2)ccc1C. The van der Waals surface area contributed by atoms with Crippen molar-refractivity contribution in [2.45, 2.75) is 30.7 Å². The Kier molecular flexibility index (Phi) is 5.35. The molecule has 1 aliphatic rings. The minimum Gasteiger partial charge on any atom is -0.321 e. The van der Waals surface area contributed by atoms with Crippen molar-refractivity contribution in [1.82, 2.24) is 25.0 Å². The minimum absolute atomic E-state index is 0.121. The van der Waals surface area contributed by atoms with Crippen LogP contribution in [-0.2, 0) is 10.0 Å². The summed E-state index contributed by atoms with van der Waals surface area (Å²) in [7, 11) is -2.26. The van der Waals surface area contributed by atoms with Crippen LogP contribution >= 0.6 is 0 Å². The molecule has 0 unspecified atom stereocenters. The topological polar surface area (TPSA) is 118 Å². The maximum atomic E-state index is 12.4. The molecule has 140 valence electrons. The molecule has 26 heavy (non-hydrogen) atoms. The van der Waals surface area contributed by atoms with Crippen LogP contribution in [0.3, 0.4) is 0 Å². The van der Waals surface area contributed by atoms with Crippen LogP contribution in [0.25, 0.3) is 0 Å². The fraction of sp³-hybridized carbons (Fsp3) is 0.438. The normalized spacial score (nSPS) is 15.8. The van der Waals surface area contributed by atoms with Gasteiger partial charge >= 0.3 is 0 Å². The predicted molar refractivity (Wildman–Crippen MR) is 96.5 cm³/mol. The van der Waals surface area contributed by atoms with Crippen LogP contribution in [0.5, 0.6) is 0 Å².